The van der Waals surface area contributed by atoms with E-state index in [0.717, 1.165) is 0 Å². The van der Waals surface area contributed by atoms with Crippen molar-refractivity contribution in [3.05, 3.63) is 32.6 Å². The summed E-state index contributed by atoms with van der Waals surface area (Å²) in [6.07, 6.45) is 0. The van der Waals surface area contributed by atoms with Crippen molar-refractivity contribution in [2.75, 3.05) is 5.73 Å². The van der Waals surface area contributed by atoms with Crippen LogP contribution in [0.4, 0.5) is 10.2 Å². The molecule has 0 amide bonds. The Morgan fingerprint density at radius 2 is 2.20 bits per heavy atom. The van der Waals surface area contributed by atoms with Crippen molar-refractivity contribution in [3.63, 3.8) is 0 Å². The van der Waals surface area contributed by atoms with E-state index in [2.05, 4.69) is 5.16 Å². The third kappa shape index (κ3) is 1.81. The highest BCUT2D eigenvalue weighted by molar-refractivity contribution is 14.1. The lowest BCUT2D eigenvalue weighted by Gasteiger charge is -2.00. The third-order valence-electron chi connectivity index (χ3n) is 1.86. The number of anilines is 1. The summed E-state index contributed by atoms with van der Waals surface area (Å²) in [5, 5.41) is 3.58. The third-order valence-corrected chi connectivity index (χ3v) is 3.28. The maximum absolute atomic E-state index is 13.2. The van der Waals surface area contributed by atoms with E-state index >= 15 is 0 Å². The zero-order chi connectivity index (χ0) is 11.0. The van der Waals surface area contributed by atoms with Gasteiger partial charge in [-0.1, -0.05) is 22.8 Å². The average Bonchev–Trinajstić information content (AvgIpc) is 2.53. The van der Waals surface area contributed by atoms with E-state index in [0.29, 0.717) is 14.9 Å². The number of hydrogen-bond donors (Lipinski definition) is 1. The molecule has 0 saturated carbocycles. The van der Waals surface area contributed by atoms with Crippen LogP contribution in [-0.2, 0) is 0 Å². The second kappa shape index (κ2) is 3.97. The molecule has 15 heavy (non-hydrogen) atoms. The van der Waals surface area contributed by atoms with Crippen molar-refractivity contribution >= 4 is 40.0 Å². The van der Waals surface area contributed by atoms with Crippen LogP contribution >= 0.6 is 34.2 Å². The van der Waals surface area contributed by atoms with E-state index in [1.165, 1.54) is 6.07 Å². The molecule has 0 saturated heterocycles. The Morgan fingerprint density at radius 3 is 2.80 bits per heavy atom. The summed E-state index contributed by atoms with van der Waals surface area (Å²) < 4.78 is 18.8. The Balaban J connectivity index is 2.64. The molecule has 0 aliphatic heterocycles. The average molecular weight is 339 g/mol. The van der Waals surface area contributed by atoms with Gasteiger partial charge >= 0.3 is 0 Å². The maximum atomic E-state index is 13.2. The molecular formula is C9H5ClFIN2O. The van der Waals surface area contributed by atoms with Gasteiger partial charge in [0.1, 0.15) is 9.39 Å². The van der Waals surface area contributed by atoms with Crippen LogP contribution in [0.1, 0.15) is 0 Å². The number of nitrogens with zero attached hydrogens (tertiary/aromatic N) is 1. The minimum Gasteiger partial charge on any atom is -0.380 e. The molecule has 0 radical (unpaired) electrons. The highest BCUT2D eigenvalue weighted by Gasteiger charge is 2.17. The molecule has 6 heteroatoms. The minimum absolute atomic E-state index is 0.00608. The van der Waals surface area contributed by atoms with Gasteiger partial charge in [0.2, 0.25) is 0 Å². The first-order valence-corrected chi connectivity index (χ1v) is 5.42. The fraction of sp³-hybridized carbons (Fsp3) is 0. The molecular weight excluding hydrogens is 333 g/mol. The van der Waals surface area contributed by atoms with Gasteiger partial charge in [-0.25, -0.2) is 4.39 Å². The zero-order valence-electron chi connectivity index (χ0n) is 7.30. The summed E-state index contributed by atoms with van der Waals surface area (Å²) in [6, 6.07) is 4.47. The number of benzene rings is 1. The molecule has 3 nitrogen and oxygen atoms in total. The van der Waals surface area contributed by atoms with Crippen LogP contribution in [0.3, 0.4) is 0 Å². The van der Waals surface area contributed by atoms with Gasteiger partial charge in [-0.3, -0.25) is 0 Å². The van der Waals surface area contributed by atoms with E-state index in [-0.39, 0.29) is 10.8 Å². The Bertz CT molecular complexity index is 515. The topological polar surface area (TPSA) is 52.0 Å². The second-order valence-electron chi connectivity index (χ2n) is 2.81. The van der Waals surface area contributed by atoms with E-state index < -0.39 is 5.82 Å². The van der Waals surface area contributed by atoms with Gasteiger partial charge in [0.05, 0.1) is 5.02 Å². The van der Waals surface area contributed by atoms with Gasteiger partial charge in [-0.2, -0.15) is 0 Å². The van der Waals surface area contributed by atoms with Gasteiger partial charge in [-0.15, -0.1) is 0 Å². The summed E-state index contributed by atoms with van der Waals surface area (Å²) >= 11 is 7.77. The fourth-order valence-corrected chi connectivity index (χ4v) is 1.84. The number of halogens is 3. The van der Waals surface area contributed by atoms with E-state index in [9.17, 15) is 4.39 Å². The van der Waals surface area contributed by atoms with Gasteiger partial charge in [0, 0.05) is 5.56 Å². The lowest BCUT2D eigenvalue weighted by Crippen LogP contribution is -1.87. The van der Waals surface area contributed by atoms with Gasteiger partial charge in [0.25, 0.3) is 0 Å². The smallest absolute Gasteiger partial charge is 0.184 e. The first-order chi connectivity index (χ1) is 7.11. The zero-order valence-corrected chi connectivity index (χ0v) is 10.2. The second-order valence-corrected chi connectivity index (χ2v) is 4.27. The van der Waals surface area contributed by atoms with Gasteiger partial charge in [0.15, 0.2) is 11.6 Å². The molecule has 2 aromatic rings. The molecule has 0 atom stereocenters. The van der Waals surface area contributed by atoms with Crippen molar-refractivity contribution in [1.29, 1.82) is 0 Å². The first-order valence-electron chi connectivity index (χ1n) is 3.96. The SMILES string of the molecule is Nc1noc(-c2cccc(F)c2Cl)c1I. The normalized spacial score (nSPS) is 10.6. The Kier molecular flexibility index (Phi) is 2.83. The number of nitrogen functional groups attached to an aromatic ring is 1. The fourth-order valence-electron chi connectivity index (χ4n) is 1.14. The van der Waals surface area contributed by atoms with Crippen LogP contribution in [-0.4, -0.2) is 5.16 Å². The monoisotopic (exact) mass is 338 g/mol. The number of nitrogens with two attached hydrogens (primary N) is 1. The predicted octanol–water partition coefficient (Wildman–Crippen LogP) is 3.32. The molecule has 1 aromatic heterocycles. The highest BCUT2D eigenvalue weighted by Crippen LogP contribution is 2.34. The molecule has 1 heterocycles. The molecule has 78 valence electrons. The molecule has 2 N–H and O–H groups in total. The predicted molar refractivity (Wildman–Crippen MR) is 64.0 cm³/mol. The lowest BCUT2D eigenvalue weighted by atomic mass is 10.1. The summed E-state index contributed by atoms with van der Waals surface area (Å²) in [5.74, 6) is 0.156. The lowest BCUT2D eigenvalue weighted by molar-refractivity contribution is 0.435. The molecule has 0 aliphatic rings. The largest absolute Gasteiger partial charge is 0.380 e. The minimum atomic E-state index is -0.500. The summed E-state index contributed by atoms with van der Waals surface area (Å²) in [5.41, 5.74) is 5.97. The molecule has 0 fully saturated rings. The van der Waals surface area contributed by atoms with Crippen molar-refractivity contribution < 1.29 is 8.91 Å². The quantitative estimate of drug-likeness (QED) is 0.812. The highest BCUT2D eigenvalue weighted by atomic mass is 127. The summed E-state index contributed by atoms with van der Waals surface area (Å²) in [4.78, 5) is 0. The number of aromatic nitrogens is 1. The molecule has 1 aromatic carbocycles. The molecule has 0 unspecified atom stereocenters. The van der Waals surface area contributed by atoms with Crippen LogP contribution in [0.2, 0.25) is 5.02 Å². The van der Waals surface area contributed by atoms with Crippen LogP contribution < -0.4 is 5.73 Å². The van der Waals surface area contributed by atoms with Crippen molar-refractivity contribution in [1.82, 2.24) is 5.16 Å². The Labute approximate surface area is 104 Å². The van der Waals surface area contributed by atoms with Crippen LogP contribution in [0.25, 0.3) is 11.3 Å². The molecule has 2 rings (SSSR count). The summed E-state index contributed by atoms with van der Waals surface area (Å²) in [6.45, 7) is 0. The van der Waals surface area contributed by atoms with Crippen LogP contribution in [0.5, 0.6) is 0 Å². The Hall–Kier alpha value is -0.820. The van der Waals surface area contributed by atoms with E-state index in [4.69, 9.17) is 21.9 Å². The molecule has 0 bridgehead atoms. The molecule has 0 aliphatic carbocycles. The Morgan fingerprint density at radius 1 is 1.47 bits per heavy atom. The first kappa shape index (κ1) is 10.7. The maximum Gasteiger partial charge on any atom is 0.184 e. The van der Waals surface area contributed by atoms with Crippen LogP contribution in [0.15, 0.2) is 22.7 Å². The number of hydrogen-bond acceptors (Lipinski definition) is 3. The van der Waals surface area contributed by atoms with E-state index in [1.54, 1.807) is 12.1 Å². The van der Waals surface area contributed by atoms with Crippen molar-refractivity contribution in [2.45, 2.75) is 0 Å². The van der Waals surface area contributed by atoms with E-state index in [1.807, 2.05) is 22.6 Å². The standard InChI is InChI=1S/C9H5ClFIN2O/c10-6-4(2-1-3-5(6)11)8-7(12)9(13)14-15-8/h1-3H,(H2,13,14). The van der Waals surface area contributed by atoms with Crippen molar-refractivity contribution in [3.8, 4) is 11.3 Å². The van der Waals surface area contributed by atoms with Crippen molar-refractivity contribution in [2.24, 2.45) is 0 Å². The number of rotatable bonds is 1. The van der Waals surface area contributed by atoms with Gasteiger partial charge in [-0.05, 0) is 34.7 Å². The molecule has 0 spiro atoms. The van der Waals surface area contributed by atoms with Crippen LogP contribution in [0, 0.1) is 9.39 Å². The summed E-state index contributed by atoms with van der Waals surface area (Å²) in [7, 11) is 0. The van der Waals surface area contributed by atoms with Gasteiger partial charge < -0.3 is 10.3 Å².